The molecule has 1 unspecified atom stereocenters. The third-order valence-electron chi connectivity index (χ3n) is 3.31. The van der Waals surface area contributed by atoms with Gasteiger partial charge in [-0.15, -0.1) is 0 Å². The van der Waals surface area contributed by atoms with Gasteiger partial charge in [-0.25, -0.2) is 0 Å². The normalized spacial score (nSPS) is 17.4. The van der Waals surface area contributed by atoms with Gasteiger partial charge >= 0.3 is 0 Å². The Bertz CT molecular complexity index is 454. The standard InChI is InChI=1S/C16H20S/c1-12-7-9-14(10-8-12)16(17-3)15-6-4-5-13(2)11-15/h4-7,9,11,16H,8,10H2,1-3H3. The quantitative estimate of drug-likeness (QED) is 0.715. The van der Waals surface area contributed by atoms with E-state index in [1.54, 1.807) is 5.57 Å². The molecule has 0 aromatic heterocycles. The van der Waals surface area contributed by atoms with E-state index in [1.165, 1.54) is 29.5 Å². The van der Waals surface area contributed by atoms with Gasteiger partial charge in [0.15, 0.2) is 0 Å². The van der Waals surface area contributed by atoms with Gasteiger partial charge in [-0.2, -0.15) is 11.8 Å². The van der Waals surface area contributed by atoms with E-state index in [-0.39, 0.29) is 0 Å². The van der Waals surface area contributed by atoms with Crippen LogP contribution in [-0.4, -0.2) is 6.26 Å². The molecule has 1 aliphatic rings. The topological polar surface area (TPSA) is 0 Å². The summed E-state index contributed by atoms with van der Waals surface area (Å²) < 4.78 is 0. The van der Waals surface area contributed by atoms with E-state index >= 15 is 0 Å². The molecule has 1 aromatic carbocycles. The molecule has 0 aliphatic heterocycles. The number of hydrogen-bond acceptors (Lipinski definition) is 1. The highest BCUT2D eigenvalue weighted by Gasteiger charge is 2.16. The van der Waals surface area contributed by atoms with E-state index in [9.17, 15) is 0 Å². The number of rotatable bonds is 3. The molecule has 0 radical (unpaired) electrons. The third kappa shape index (κ3) is 3.04. The molecule has 0 nitrogen and oxygen atoms in total. The van der Waals surface area contributed by atoms with Crippen LogP contribution < -0.4 is 0 Å². The molecule has 90 valence electrons. The van der Waals surface area contributed by atoms with E-state index < -0.39 is 0 Å². The fraction of sp³-hybridized carbons (Fsp3) is 0.375. The van der Waals surface area contributed by atoms with Crippen LogP contribution in [0.1, 0.15) is 36.1 Å². The molecule has 0 N–H and O–H groups in total. The first-order valence-electron chi connectivity index (χ1n) is 6.16. The van der Waals surface area contributed by atoms with Crippen molar-refractivity contribution in [3.8, 4) is 0 Å². The van der Waals surface area contributed by atoms with Crippen molar-refractivity contribution in [2.75, 3.05) is 6.26 Å². The van der Waals surface area contributed by atoms with Crippen molar-refractivity contribution in [2.24, 2.45) is 0 Å². The lowest BCUT2D eigenvalue weighted by atomic mass is 9.93. The van der Waals surface area contributed by atoms with Crippen LogP contribution in [0.25, 0.3) is 0 Å². The van der Waals surface area contributed by atoms with Gasteiger partial charge in [-0.05, 0) is 38.5 Å². The molecule has 1 heteroatoms. The third-order valence-corrected chi connectivity index (χ3v) is 4.35. The van der Waals surface area contributed by atoms with Crippen LogP contribution in [0.15, 0.2) is 47.6 Å². The van der Waals surface area contributed by atoms with E-state index in [1.807, 2.05) is 11.8 Å². The Morgan fingerprint density at radius 1 is 1.12 bits per heavy atom. The molecule has 0 fully saturated rings. The Hall–Kier alpha value is -0.950. The van der Waals surface area contributed by atoms with E-state index in [0.717, 1.165) is 0 Å². The van der Waals surface area contributed by atoms with Crippen LogP contribution in [0.3, 0.4) is 0 Å². The molecule has 0 amide bonds. The molecular weight excluding hydrogens is 224 g/mol. The molecule has 0 spiro atoms. The second-order valence-corrected chi connectivity index (χ2v) is 5.73. The van der Waals surface area contributed by atoms with Gasteiger partial charge in [0, 0.05) is 0 Å². The maximum absolute atomic E-state index is 2.32. The molecular formula is C16H20S. The smallest absolute Gasteiger partial charge is 0.0507 e. The summed E-state index contributed by atoms with van der Waals surface area (Å²) in [6, 6.07) is 8.89. The van der Waals surface area contributed by atoms with E-state index in [0.29, 0.717) is 5.25 Å². The second kappa shape index (κ2) is 5.59. The first-order valence-corrected chi connectivity index (χ1v) is 7.45. The minimum atomic E-state index is 0.527. The Morgan fingerprint density at radius 2 is 1.94 bits per heavy atom. The largest absolute Gasteiger partial charge is 0.153 e. The van der Waals surface area contributed by atoms with Crippen LogP contribution in [0.2, 0.25) is 0 Å². The van der Waals surface area contributed by atoms with Crippen molar-refractivity contribution < 1.29 is 0 Å². The van der Waals surface area contributed by atoms with Crippen LogP contribution in [0.4, 0.5) is 0 Å². The number of hydrogen-bond donors (Lipinski definition) is 0. The van der Waals surface area contributed by atoms with Crippen molar-refractivity contribution in [1.29, 1.82) is 0 Å². The lowest BCUT2D eigenvalue weighted by Crippen LogP contribution is -2.01. The Kier molecular flexibility index (Phi) is 4.11. The highest BCUT2D eigenvalue weighted by Crippen LogP contribution is 2.38. The SMILES string of the molecule is CSC(C1=CC=C(C)CC1)c1cccc(C)c1. The van der Waals surface area contributed by atoms with Crippen LogP contribution in [0, 0.1) is 6.92 Å². The molecule has 0 heterocycles. The zero-order valence-corrected chi connectivity index (χ0v) is 11.7. The molecule has 0 saturated heterocycles. The molecule has 0 bridgehead atoms. The minimum Gasteiger partial charge on any atom is -0.153 e. The zero-order valence-electron chi connectivity index (χ0n) is 10.9. The zero-order chi connectivity index (χ0) is 12.3. The summed E-state index contributed by atoms with van der Waals surface area (Å²) in [7, 11) is 0. The van der Waals surface area contributed by atoms with Crippen LogP contribution in [-0.2, 0) is 0 Å². The van der Waals surface area contributed by atoms with Crippen LogP contribution >= 0.6 is 11.8 Å². The van der Waals surface area contributed by atoms with Crippen molar-refractivity contribution in [3.05, 3.63) is 58.7 Å². The van der Waals surface area contributed by atoms with E-state index in [2.05, 4.69) is 56.5 Å². The number of thioether (sulfide) groups is 1. The molecule has 1 atom stereocenters. The van der Waals surface area contributed by atoms with Gasteiger partial charge in [0.25, 0.3) is 0 Å². The summed E-state index contributed by atoms with van der Waals surface area (Å²) in [5.74, 6) is 0. The second-order valence-electron chi connectivity index (χ2n) is 4.78. The number of benzene rings is 1. The van der Waals surface area contributed by atoms with E-state index in [4.69, 9.17) is 0 Å². The molecule has 2 rings (SSSR count). The Morgan fingerprint density at radius 3 is 2.53 bits per heavy atom. The first kappa shape index (κ1) is 12.5. The summed E-state index contributed by atoms with van der Waals surface area (Å²) in [4.78, 5) is 0. The highest BCUT2D eigenvalue weighted by atomic mass is 32.2. The monoisotopic (exact) mass is 244 g/mol. The summed E-state index contributed by atoms with van der Waals surface area (Å²) in [6.07, 6.45) is 9.23. The predicted octanol–water partition coefficient (Wildman–Crippen LogP) is 5.07. The molecule has 1 aromatic rings. The van der Waals surface area contributed by atoms with Crippen molar-refractivity contribution in [2.45, 2.75) is 31.9 Å². The maximum Gasteiger partial charge on any atom is 0.0507 e. The van der Waals surface area contributed by atoms with Gasteiger partial charge in [0.05, 0.1) is 5.25 Å². The summed E-state index contributed by atoms with van der Waals surface area (Å²) in [5, 5.41) is 0.527. The van der Waals surface area contributed by atoms with Crippen molar-refractivity contribution in [1.82, 2.24) is 0 Å². The average molecular weight is 244 g/mol. The summed E-state index contributed by atoms with van der Waals surface area (Å²) in [6.45, 7) is 4.38. The molecule has 1 aliphatic carbocycles. The fourth-order valence-corrected chi connectivity index (χ4v) is 3.23. The first-order chi connectivity index (χ1) is 8.20. The van der Waals surface area contributed by atoms with Gasteiger partial charge in [-0.1, -0.05) is 53.1 Å². The Labute approximate surface area is 109 Å². The maximum atomic E-state index is 2.32. The van der Waals surface area contributed by atoms with Crippen LogP contribution in [0.5, 0.6) is 0 Å². The molecule has 17 heavy (non-hydrogen) atoms. The number of allylic oxidation sites excluding steroid dienone is 3. The van der Waals surface area contributed by atoms with Gasteiger partial charge in [0.2, 0.25) is 0 Å². The molecule has 0 saturated carbocycles. The average Bonchev–Trinajstić information content (AvgIpc) is 2.33. The lowest BCUT2D eigenvalue weighted by molar-refractivity contribution is 0.861. The Balaban J connectivity index is 2.28. The highest BCUT2D eigenvalue weighted by molar-refractivity contribution is 7.99. The summed E-state index contributed by atoms with van der Waals surface area (Å²) >= 11 is 1.94. The predicted molar refractivity (Wildman–Crippen MR) is 78.5 cm³/mol. The minimum absolute atomic E-state index is 0.527. The summed E-state index contributed by atoms with van der Waals surface area (Å²) in [5.41, 5.74) is 5.85. The fourth-order valence-electron chi connectivity index (χ4n) is 2.31. The lowest BCUT2D eigenvalue weighted by Gasteiger charge is -2.21. The van der Waals surface area contributed by atoms with Crippen molar-refractivity contribution >= 4 is 11.8 Å². The number of aryl methyl sites for hydroxylation is 1. The van der Waals surface area contributed by atoms with Gasteiger partial charge in [-0.3, -0.25) is 0 Å². The van der Waals surface area contributed by atoms with Gasteiger partial charge < -0.3 is 0 Å². The van der Waals surface area contributed by atoms with Crippen molar-refractivity contribution in [3.63, 3.8) is 0 Å². The van der Waals surface area contributed by atoms with Gasteiger partial charge in [0.1, 0.15) is 0 Å².